The van der Waals surface area contributed by atoms with Gasteiger partial charge in [-0.05, 0) is 42.9 Å². The van der Waals surface area contributed by atoms with Crippen LogP contribution in [0.5, 0.6) is 0 Å². The quantitative estimate of drug-likeness (QED) is 0.603. The van der Waals surface area contributed by atoms with Crippen molar-refractivity contribution in [1.29, 1.82) is 0 Å². The highest BCUT2D eigenvalue weighted by Gasteiger charge is 2.50. The van der Waals surface area contributed by atoms with E-state index in [0.717, 1.165) is 30.1 Å². The predicted octanol–water partition coefficient (Wildman–Crippen LogP) is 3.26. The van der Waals surface area contributed by atoms with Gasteiger partial charge in [0.15, 0.2) is 0 Å². The molecule has 0 aromatic heterocycles. The lowest BCUT2D eigenvalue weighted by Crippen LogP contribution is -2.22. The van der Waals surface area contributed by atoms with Crippen molar-refractivity contribution < 1.29 is 9.53 Å². The summed E-state index contributed by atoms with van der Waals surface area (Å²) >= 11 is 0. The Morgan fingerprint density at radius 2 is 1.71 bits per heavy atom. The number of carbonyl (C=O) groups is 1. The standard InChI is InChI=1S/C15H24O2/c1-8-4-5-11-9(2)6-14-13(7-12(8)11)10(3)15(16)17-14/h8-14H,4-7H2,1-3H3. The van der Waals surface area contributed by atoms with Gasteiger partial charge in [0.1, 0.15) is 6.10 Å². The average Bonchev–Trinajstić information content (AvgIpc) is 2.71. The summed E-state index contributed by atoms with van der Waals surface area (Å²) in [4.78, 5) is 11.7. The molecule has 0 bridgehead atoms. The van der Waals surface area contributed by atoms with E-state index >= 15 is 0 Å². The minimum absolute atomic E-state index is 0.0521. The molecule has 0 aromatic rings. The first-order valence-corrected chi connectivity index (χ1v) is 7.28. The number of fused-ring (bicyclic) bond motifs is 2. The van der Waals surface area contributed by atoms with Crippen molar-refractivity contribution in [2.75, 3.05) is 0 Å². The van der Waals surface area contributed by atoms with Crippen LogP contribution in [0.3, 0.4) is 0 Å². The molecule has 3 rings (SSSR count). The van der Waals surface area contributed by atoms with E-state index in [9.17, 15) is 4.79 Å². The molecule has 3 aliphatic rings. The Kier molecular flexibility index (Phi) is 2.72. The van der Waals surface area contributed by atoms with Crippen LogP contribution in [0, 0.1) is 35.5 Å². The number of carbonyl (C=O) groups excluding carboxylic acids is 1. The molecular weight excluding hydrogens is 212 g/mol. The predicted molar refractivity (Wildman–Crippen MR) is 66.3 cm³/mol. The number of hydrogen-bond acceptors (Lipinski definition) is 2. The van der Waals surface area contributed by atoms with Gasteiger partial charge in [-0.25, -0.2) is 0 Å². The van der Waals surface area contributed by atoms with Gasteiger partial charge in [-0.1, -0.05) is 27.2 Å². The fourth-order valence-electron chi connectivity index (χ4n) is 4.69. The van der Waals surface area contributed by atoms with Crippen LogP contribution < -0.4 is 0 Å². The summed E-state index contributed by atoms with van der Waals surface area (Å²) in [6.45, 7) is 6.84. The van der Waals surface area contributed by atoms with E-state index in [1.807, 2.05) is 0 Å². The smallest absolute Gasteiger partial charge is 0.309 e. The number of esters is 1. The average molecular weight is 236 g/mol. The molecule has 2 saturated carbocycles. The van der Waals surface area contributed by atoms with Crippen molar-refractivity contribution in [3.63, 3.8) is 0 Å². The van der Waals surface area contributed by atoms with Crippen LogP contribution in [-0.2, 0) is 9.53 Å². The maximum atomic E-state index is 11.7. The first-order valence-electron chi connectivity index (χ1n) is 7.28. The second kappa shape index (κ2) is 4.00. The SMILES string of the molecule is CC1CC2OC(=O)C(C)C2CC2C(C)CCC12. The first-order chi connectivity index (χ1) is 8.08. The fourth-order valence-corrected chi connectivity index (χ4v) is 4.69. The first kappa shape index (κ1) is 11.6. The van der Waals surface area contributed by atoms with Gasteiger partial charge in [0.05, 0.1) is 5.92 Å². The van der Waals surface area contributed by atoms with E-state index in [4.69, 9.17) is 4.74 Å². The molecule has 7 unspecified atom stereocenters. The van der Waals surface area contributed by atoms with Crippen LogP contribution in [0.25, 0.3) is 0 Å². The van der Waals surface area contributed by atoms with Crippen LogP contribution in [0.4, 0.5) is 0 Å². The molecule has 0 aromatic carbocycles. The summed E-state index contributed by atoms with van der Waals surface area (Å²) in [5, 5.41) is 0. The lowest BCUT2D eigenvalue weighted by molar-refractivity contribution is -0.144. The van der Waals surface area contributed by atoms with Gasteiger partial charge in [-0.3, -0.25) is 4.79 Å². The monoisotopic (exact) mass is 236 g/mol. The summed E-state index contributed by atoms with van der Waals surface area (Å²) in [7, 11) is 0. The van der Waals surface area contributed by atoms with Crippen molar-refractivity contribution >= 4 is 5.97 Å². The highest BCUT2D eigenvalue weighted by molar-refractivity contribution is 5.74. The minimum Gasteiger partial charge on any atom is -0.462 e. The Hall–Kier alpha value is -0.530. The van der Waals surface area contributed by atoms with Crippen LogP contribution in [0.1, 0.15) is 46.5 Å². The molecule has 1 aliphatic heterocycles. The molecule has 1 heterocycles. The van der Waals surface area contributed by atoms with Crippen LogP contribution in [-0.4, -0.2) is 12.1 Å². The maximum absolute atomic E-state index is 11.7. The van der Waals surface area contributed by atoms with Gasteiger partial charge in [0.25, 0.3) is 0 Å². The third-order valence-corrected chi connectivity index (χ3v) is 5.87. The molecule has 7 atom stereocenters. The number of rotatable bonds is 0. The minimum atomic E-state index is 0.0521. The second-order valence-corrected chi connectivity index (χ2v) is 6.76. The lowest BCUT2D eigenvalue weighted by atomic mass is 9.78. The fraction of sp³-hybridized carbons (Fsp3) is 0.933. The Labute approximate surface area is 104 Å². The summed E-state index contributed by atoms with van der Waals surface area (Å²) in [6, 6.07) is 0. The van der Waals surface area contributed by atoms with E-state index in [1.54, 1.807) is 0 Å². The number of hydrogen-bond donors (Lipinski definition) is 0. The Balaban J connectivity index is 1.85. The molecule has 1 saturated heterocycles. The van der Waals surface area contributed by atoms with Gasteiger partial charge < -0.3 is 4.74 Å². The maximum Gasteiger partial charge on any atom is 0.309 e. The van der Waals surface area contributed by atoms with E-state index in [2.05, 4.69) is 20.8 Å². The van der Waals surface area contributed by atoms with E-state index in [1.165, 1.54) is 19.3 Å². The highest BCUT2D eigenvalue weighted by Crippen LogP contribution is 2.51. The molecule has 0 spiro atoms. The van der Waals surface area contributed by atoms with E-state index in [-0.39, 0.29) is 18.0 Å². The third-order valence-electron chi connectivity index (χ3n) is 5.87. The zero-order chi connectivity index (χ0) is 12.2. The van der Waals surface area contributed by atoms with Crippen molar-refractivity contribution in [1.82, 2.24) is 0 Å². The topological polar surface area (TPSA) is 26.3 Å². The van der Waals surface area contributed by atoms with Gasteiger partial charge in [-0.15, -0.1) is 0 Å². The summed E-state index contributed by atoms with van der Waals surface area (Å²) in [5.74, 6) is 4.01. The molecule has 0 radical (unpaired) electrons. The van der Waals surface area contributed by atoms with E-state index in [0.29, 0.717) is 5.92 Å². The Bertz CT molecular complexity index is 325. The van der Waals surface area contributed by atoms with Gasteiger partial charge >= 0.3 is 5.97 Å². The molecular formula is C15H24O2. The van der Waals surface area contributed by atoms with Crippen molar-refractivity contribution in [2.24, 2.45) is 35.5 Å². The molecule has 17 heavy (non-hydrogen) atoms. The zero-order valence-corrected chi connectivity index (χ0v) is 11.2. The van der Waals surface area contributed by atoms with Crippen molar-refractivity contribution in [3.05, 3.63) is 0 Å². The van der Waals surface area contributed by atoms with Gasteiger partial charge in [0, 0.05) is 5.92 Å². The number of ether oxygens (including phenoxy) is 1. The normalized spacial score (nSPS) is 53.8. The largest absolute Gasteiger partial charge is 0.462 e. The molecule has 0 amide bonds. The Morgan fingerprint density at radius 3 is 2.47 bits per heavy atom. The zero-order valence-electron chi connectivity index (χ0n) is 11.2. The summed E-state index contributed by atoms with van der Waals surface area (Å²) in [6.07, 6.45) is 5.35. The molecule has 0 N–H and O–H groups in total. The molecule has 2 heteroatoms. The lowest BCUT2D eigenvalue weighted by Gasteiger charge is -2.26. The van der Waals surface area contributed by atoms with Crippen molar-refractivity contribution in [3.8, 4) is 0 Å². The van der Waals surface area contributed by atoms with Gasteiger partial charge in [0.2, 0.25) is 0 Å². The van der Waals surface area contributed by atoms with Crippen LogP contribution >= 0.6 is 0 Å². The van der Waals surface area contributed by atoms with Crippen LogP contribution in [0.2, 0.25) is 0 Å². The van der Waals surface area contributed by atoms with Crippen LogP contribution in [0.15, 0.2) is 0 Å². The highest BCUT2D eigenvalue weighted by atomic mass is 16.6. The third kappa shape index (κ3) is 1.71. The van der Waals surface area contributed by atoms with E-state index < -0.39 is 0 Å². The van der Waals surface area contributed by atoms with Crippen molar-refractivity contribution in [2.45, 2.75) is 52.6 Å². The molecule has 2 nitrogen and oxygen atoms in total. The molecule has 3 fully saturated rings. The summed E-state index contributed by atoms with van der Waals surface area (Å²) < 4.78 is 5.59. The second-order valence-electron chi connectivity index (χ2n) is 6.76. The molecule has 2 aliphatic carbocycles. The molecule has 96 valence electrons. The summed E-state index contributed by atoms with van der Waals surface area (Å²) in [5.41, 5.74) is 0. The Morgan fingerprint density at radius 1 is 0.941 bits per heavy atom. The van der Waals surface area contributed by atoms with Gasteiger partial charge in [-0.2, -0.15) is 0 Å².